The average Bonchev–Trinajstić information content (AvgIpc) is 3.21. The molecular weight excluding hydrogens is 488 g/mol. The van der Waals surface area contributed by atoms with E-state index < -0.39 is 0 Å². The summed E-state index contributed by atoms with van der Waals surface area (Å²) < 4.78 is 6.33. The summed E-state index contributed by atoms with van der Waals surface area (Å²) in [4.78, 5) is 13.2. The van der Waals surface area contributed by atoms with Gasteiger partial charge in [-0.25, -0.2) is 0 Å². The van der Waals surface area contributed by atoms with E-state index in [1.165, 1.54) is 19.3 Å². The maximum Gasteiger partial charge on any atom is 0.306 e. The lowest BCUT2D eigenvalue weighted by molar-refractivity contribution is -0.207. The molecule has 39 heavy (non-hydrogen) atoms. The van der Waals surface area contributed by atoms with Gasteiger partial charge in [0.15, 0.2) is 0 Å². The summed E-state index contributed by atoms with van der Waals surface area (Å²) in [7, 11) is 0. The van der Waals surface area contributed by atoms with E-state index in [2.05, 4.69) is 20.8 Å². The average molecular weight is 543 g/mol. The third-order valence-electron chi connectivity index (χ3n) is 14.6. The van der Waals surface area contributed by atoms with Crippen molar-refractivity contribution in [1.29, 1.82) is 0 Å². The van der Waals surface area contributed by atoms with Crippen molar-refractivity contribution in [2.45, 2.75) is 141 Å². The Kier molecular flexibility index (Phi) is 6.58. The fraction of sp³-hybridized carbons (Fsp3) is 0.971. The van der Waals surface area contributed by atoms with E-state index in [-0.39, 0.29) is 46.6 Å². The predicted molar refractivity (Wildman–Crippen MR) is 149 cm³/mol. The molecule has 11 unspecified atom stereocenters. The van der Waals surface area contributed by atoms with Crippen molar-refractivity contribution < 1.29 is 24.9 Å². The monoisotopic (exact) mass is 542 g/mol. The number of fused-ring (bicyclic) bond motifs is 5. The number of ether oxygens (including phenoxy) is 1. The molecule has 0 amide bonds. The Balaban J connectivity index is 1.02. The summed E-state index contributed by atoms with van der Waals surface area (Å²) in [6.45, 7) is 7.01. The first-order chi connectivity index (χ1) is 18.5. The lowest BCUT2D eigenvalue weighted by atomic mass is 9.43. The molecule has 11 atom stereocenters. The molecule has 0 spiro atoms. The normalized spacial score (nSPS) is 56.4. The molecule has 0 aromatic carbocycles. The Morgan fingerprint density at radius 1 is 0.872 bits per heavy atom. The van der Waals surface area contributed by atoms with Crippen molar-refractivity contribution in [3.05, 3.63) is 0 Å². The number of aliphatic hydroxyl groups excluding tert-OH is 3. The smallest absolute Gasteiger partial charge is 0.306 e. The highest BCUT2D eigenvalue weighted by Crippen LogP contribution is 2.68. The molecule has 8 aliphatic carbocycles. The minimum atomic E-state index is -0.368. The fourth-order valence-electron chi connectivity index (χ4n) is 13.1. The minimum absolute atomic E-state index is 0.00825. The highest BCUT2D eigenvalue weighted by atomic mass is 16.6. The van der Waals surface area contributed by atoms with Crippen molar-refractivity contribution >= 4 is 5.97 Å². The van der Waals surface area contributed by atoms with E-state index in [1.54, 1.807) is 0 Å². The first-order valence-corrected chi connectivity index (χ1v) is 16.8. The van der Waals surface area contributed by atoms with Gasteiger partial charge in [0.25, 0.3) is 0 Å². The largest absolute Gasteiger partial charge is 0.459 e. The van der Waals surface area contributed by atoms with Gasteiger partial charge in [-0.05, 0) is 154 Å². The third kappa shape index (κ3) is 4.21. The second kappa shape index (κ2) is 9.43. The Morgan fingerprint density at radius 2 is 1.54 bits per heavy atom. The Bertz CT molecular complexity index is 928. The van der Waals surface area contributed by atoms with E-state index in [4.69, 9.17) is 4.74 Å². The van der Waals surface area contributed by atoms with Gasteiger partial charge < -0.3 is 20.1 Å². The SMILES string of the molecule is CC(CCC(=O)OC12CC3CC(CC(C3)C1)C2)C1CCC2C3C(O)CC4CC(O)CCC4(C)C3CC(O)C12C. The van der Waals surface area contributed by atoms with Gasteiger partial charge in [0.1, 0.15) is 5.60 Å². The predicted octanol–water partition coefficient (Wildman–Crippen LogP) is 5.88. The molecule has 0 radical (unpaired) electrons. The number of esters is 1. The molecule has 3 N–H and O–H groups in total. The standard InChI is InChI=1S/C34H54O5/c1-19(4-7-30(38)39-34-16-20-10-21(17-34)12-22(11-20)18-34)25-5-6-26-31-27(15-29(37)33(25,26)3)32(2)9-8-24(35)13-23(32)14-28(31)36/h19-29,31,35-37H,4-18H2,1-3H3. The first kappa shape index (κ1) is 27.2. The van der Waals surface area contributed by atoms with Crippen molar-refractivity contribution in [3.8, 4) is 0 Å². The third-order valence-corrected chi connectivity index (χ3v) is 14.6. The molecule has 8 aliphatic rings. The van der Waals surface area contributed by atoms with Gasteiger partial charge in [-0.1, -0.05) is 20.8 Å². The zero-order chi connectivity index (χ0) is 27.3. The second-order valence-corrected chi connectivity index (χ2v) is 16.6. The van der Waals surface area contributed by atoms with Crippen LogP contribution in [0.1, 0.15) is 117 Å². The van der Waals surface area contributed by atoms with Crippen LogP contribution in [0.2, 0.25) is 0 Å². The molecule has 0 aromatic rings. The maximum atomic E-state index is 13.2. The van der Waals surface area contributed by atoms with Crippen LogP contribution in [0.4, 0.5) is 0 Å². The zero-order valence-corrected chi connectivity index (χ0v) is 24.7. The number of carbonyl (C=O) groups excluding carboxylic acids is 1. The van der Waals surface area contributed by atoms with Gasteiger partial charge >= 0.3 is 5.97 Å². The maximum absolute atomic E-state index is 13.2. The minimum Gasteiger partial charge on any atom is -0.459 e. The van der Waals surface area contributed by atoms with Gasteiger partial charge in [0, 0.05) is 6.42 Å². The van der Waals surface area contributed by atoms with Gasteiger partial charge in [0.2, 0.25) is 0 Å². The van der Waals surface area contributed by atoms with Crippen LogP contribution in [0, 0.1) is 64.1 Å². The number of hydrogen-bond acceptors (Lipinski definition) is 5. The molecule has 4 bridgehead atoms. The summed E-state index contributed by atoms with van der Waals surface area (Å²) >= 11 is 0. The lowest BCUT2D eigenvalue weighted by Gasteiger charge is -2.63. The molecule has 5 heteroatoms. The molecule has 5 nitrogen and oxygen atoms in total. The van der Waals surface area contributed by atoms with E-state index in [9.17, 15) is 20.1 Å². The van der Waals surface area contributed by atoms with Crippen LogP contribution in [-0.2, 0) is 9.53 Å². The molecule has 0 heterocycles. The molecule has 8 fully saturated rings. The van der Waals surface area contributed by atoms with Gasteiger partial charge in [-0.3, -0.25) is 4.79 Å². The van der Waals surface area contributed by atoms with E-state index >= 15 is 0 Å². The first-order valence-electron chi connectivity index (χ1n) is 16.8. The van der Waals surface area contributed by atoms with Crippen molar-refractivity contribution in [2.75, 3.05) is 0 Å². The van der Waals surface area contributed by atoms with Crippen LogP contribution >= 0.6 is 0 Å². The van der Waals surface area contributed by atoms with Gasteiger partial charge in [-0.15, -0.1) is 0 Å². The molecule has 220 valence electrons. The topological polar surface area (TPSA) is 87.0 Å². The number of carbonyl (C=O) groups is 1. The Hall–Kier alpha value is -0.650. The van der Waals surface area contributed by atoms with Gasteiger partial charge in [-0.2, -0.15) is 0 Å². The molecule has 0 aromatic heterocycles. The number of rotatable bonds is 5. The van der Waals surface area contributed by atoms with Crippen LogP contribution in [0.25, 0.3) is 0 Å². The van der Waals surface area contributed by atoms with Crippen LogP contribution < -0.4 is 0 Å². The van der Waals surface area contributed by atoms with E-state index in [0.717, 1.165) is 88.4 Å². The zero-order valence-electron chi connectivity index (χ0n) is 24.7. The van der Waals surface area contributed by atoms with Crippen LogP contribution in [0.15, 0.2) is 0 Å². The number of hydrogen-bond donors (Lipinski definition) is 3. The Morgan fingerprint density at radius 3 is 2.21 bits per heavy atom. The van der Waals surface area contributed by atoms with Crippen LogP contribution in [0.3, 0.4) is 0 Å². The summed E-state index contributed by atoms with van der Waals surface area (Å²) in [5.41, 5.74) is -0.257. The summed E-state index contributed by atoms with van der Waals surface area (Å²) in [6.07, 6.45) is 14.1. The van der Waals surface area contributed by atoms with Crippen LogP contribution in [-0.4, -0.2) is 45.2 Å². The Labute approximate surface area is 235 Å². The lowest BCUT2D eigenvalue weighted by Crippen LogP contribution is -2.62. The summed E-state index contributed by atoms with van der Waals surface area (Å²) in [5, 5.41) is 33.7. The molecule has 8 rings (SSSR count). The fourth-order valence-corrected chi connectivity index (χ4v) is 13.1. The second-order valence-electron chi connectivity index (χ2n) is 16.6. The molecule has 8 saturated carbocycles. The molecule has 0 aliphatic heterocycles. The van der Waals surface area contributed by atoms with E-state index in [0.29, 0.717) is 36.0 Å². The van der Waals surface area contributed by atoms with Crippen molar-refractivity contribution in [1.82, 2.24) is 0 Å². The van der Waals surface area contributed by atoms with Crippen molar-refractivity contribution in [2.24, 2.45) is 64.1 Å². The molecule has 0 saturated heterocycles. The van der Waals surface area contributed by atoms with E-state index in [1.807, 2.05) is 0 Å². The van der Waals surface area contributed by atoms with Gasteiger partial charge in [0.05, 0.1) is 18.3 Å². The highest BCUT2D eigenvalue weighted by Gasteiger charge is 2.65. The quantitative estimate of drug-likeness (QED) is 0.378. The van der Waals surface area contributed by atoms with Crippen LogP contribution in [0.5, 0.6) is 0 Å². The van der Waals surface area contributed by atoms with Crippen molar-refractivity contribution in [3.63, 3.8) is 0 Å². The number of aliphatic hydroxyl groups is 3. The highest BCUT2D eigenvalue weighted by molar-refractivity contribution is 5.70. The molecular formula is C34H54O5. The summed E-state index contributed by atoms with van der Waals surface area (Å²) in [5.74, 6) is 4.32. The summed E-state index contributed by atoms with van der Waals surface area (Å²) in [6, 6.07) is 0.